The van der Waals surface area contributed by atoms with Gasteiger partial charge < -0.3 is 4.74 Å². The van der Waals surface area contributed by atoms with E-state index in [1.54, 1.807) is 0 Å². The molecule has 0 spiro atoms. The van der Waals surface area contributed by atoms with E-state index >= 15 is 0 Å². The highest BCUT2D eigenvalue weighted by Gasteiger charge is 2.35. The maximum atomic E-state index is 6.35. The van der Waals surface area contributed by atoms with E-state index in [1.807, 2.05) is 6.07 Å². The Kier molecular flexibility index (Phi) is 3.91. The topological polar surface area (TPSA) is 12.5 Å². The minimum Gasteiger partial charge on any atom is -0.373 e. The second kappa shape index (κ2) is 6.04. The average Bonchev–Trinajstić information content (AvgIpc) is 2.56. The van der Waals surface area contributed by atoms with Crippen molar-refractivity contribution >= 4 is 11.6 Å². The van der Waals surface area contributed by atoms with E-state index < -0.39 is 0 Å². The van der Waals surface area contributed by atoms with Gasteiger partial charge in [-0.3, -0.25) is 4.90 Å². The summed E-state index contributed by atoms with van der Waals surface area (Å²) in [6.07, 6.45) is 1.45. The Morgan fingerprint density at radius 2 is 1.95 bits per heavy atom. The Morgan fingerprint density at radius 3 is 2.82 bits per heavy atom. The summed E-state index contributed by atoms with van der Waals surface area (Å²) in [6, 6.07) is 17.0. The van der Waals surface area contributed by atoms with Crippen LogP contribution < -0.4 is 0 Å². The van der Waals surface area contributed by atoms with Crippen LogP contribution >= 0.6 is 11.6 Å². The van der Waals surface area contributed by atoms with Gasteiger partial charge in [0.25, 0.3) is 0 Å². The summed E-state index contributed by atoms with van der Waals surface area (Å²) < 4.78 is 6.08. The molecule has 0 saturated carbocycles. The molecule has 0 aromatic heterocycles. The van der Waals surface area contributed by atoms with Gasteiger partial charge in [-0.25, -0.2) is 0 Å². The third-order valence-corrected chi connectivity index (χ3v) is 5.23. The Morgan fingerprint density at radius 1 is 1.09 bits per heavy atom. The van der Waals surface area contributed by atoms with Crippen molar-refractivity contribution in [2.75, 3.05) is 13.1 Å². The monoisotopic (exact) mass is 313 g/mol. The first-order valence-electron chi connectivity index (χ1n) is 7.96. The molecule has 0 N–H and O–H groups in total. The fourth-order valence-electron chi connectivity index (χ4n) is 3.75. The minimum atomic E-state index is 0.345. The number of halogens is 1. The average molecular weight is 314 g/mol. The van der Waals surface area contributed by atoms with E-state index in [0.29, 0.717) is 18.6 Å². The molecule has 22 heavy (non-hydrogen) atoms. The first kappa shape index (κ1) is 14.3. The Labute approximate surface area is 136 Å². The van der Waals surface area contributed by atoms with Crippen LogP contribution in [0.1, 0.15) is 29.0 Å². The van der Waals surface area contributed by atoms with Crippen LogP contribution in [0.3, 0.4) is 0 Å². The molecule has 2 atom stereocenters. The summed E-state index contributed by atoms with van der Waals surface area (Å²) >= 11 is 6.35. The van der Waals surface area contributed by atoms with Crippen LogP contribution in [0.15, 0.2) is 48.5 Å². The van der Waals surface area contributed by atoms with Gasteiger partial charge in [-0.2, -0.15) is 0 Å². The number of likely N-dealkylation sites (tertiary alicyclic amines) is 1. The van der Waals surface area contributed by atoms with Gasteiger partial charge in [0.1, 0.15) is 0 Å². The molecule has 0 bridgehead atoms. The lowest BCUT2D eigenvalue weighted by molar-refractivity contribution is -0.0325. The van der Waals surface area contributed by atoms with Crippen molar-refractivity contribution in [3.8, 4) is 0 Å². The lowest BCUT2D eigenvalue weighted by Gasteiger charge is -2.42. The molecular weight excluding hydrogens is 294 g/mol. The molecule has 1 saturated heterocycles. The molecule has 114 valence electrons. The molecule has 2 aromatic carbocycles. The van der Waals surface area contributed by atoms with Crippen molar-refractivity contribution in [1.29, 1.82) is 0 Å². The fourth-order valence-corrected chi connectivity index (χ4v) is 3.98. The summed E-state index contributed by atoms with van der Waals surface area (Å²) in [7, 11) is 0. The number of piperidine rings is 1. The van der Waals surface area contributed by atoms with Crippen LogP contribution in [-0.2, 0) is 17.9 Å². The van der Waals surface area contributed by atoms with Crippen molar-refractivity contribution in [3.05, 3.63) is 70.2 Å². The number of hydrogen-bond donors (Lipinski definition) is 0. The zero-order valence-corrected chi connectivity index (χ0v) is 13.3. The van der Waals surface area contributed by atoms with Crippen molar-refractivity contribution in [2.24, 2.45) is 0 Å². The highest BCUT2D eigenvalue weighted by molar-refractivity contribution is 6.31. The first-order valence-corrected chi connectivity index (χ1v) is 8.34. The third kappa shape index (κ3) is 2.67. The maximum absolute atomic E-state index is 6.35. The molecule has 4 rings (SSSR count). The van der Waals surface area contributed by atoms with Gasteiger partial charge in [0.15, 0.2) is 0 Å². The quantitative estimate of drug-likeness (QED) is 0.822. The minimum absolute atomic E-state index is 0.345. The molecule has 2 aromatic rings. The van der Waals surface area contributed by atoms with E-state index in [9.17, 15) is 0 Å². The number of benzene rings is 2. The summed E-state index contributed by atoms with van der Waals surface area (Å²) in [5, 5.41) is 0.844. The number of fused-ring (bicyclic) bond motifs is 3. The number of ether oxygens (including phenoxy) is 1. The van der Waals surface area contributed by atoms with Crippen LogP contribution in [-0.4, -0.2) is 24.1 Å². The largest absolute Gasteiger partial charge is 0.373 e. The molecule has 0 radical (unpaired) electrons. The molecule has 2 nitrogen and oxygen atoms in total. The molecule has 0 amide bonds. The maximum Gasteiger partial charge on any atom is 0.0738 e. The van der Waals surface area contributed by atoms with Gasteiger partial charge >= 0.3 is 0 Å². The second-order valence-corrected chi connectivity index (χ2v) is 6.68. The lowest BCUT2D eigenvalue weighted by atomic mass is 9.83. The van der Waals surface area contributed by atoms with E-state index in [2.05, 4.69) is 47.4 Å². The van der Waals surface area contributed by atoms with Gasteiger partial charge in [-0.1, -0.05) is 54.1 Å². The Bertz CT molecular complexity index is 658. The van der Waals surface area contributed by atoms with Crippen LogP contribution in [0.4, 0.5) is 0 Å². The van der Waals surface area contributed by atoms with Crippen molar-refractivity contribution in [1.82, 2.24) is 4.90 Å². The van der Waals surface area contributed by atoms with E-state index in [0.717, 1.165) is 31.1 Å². The van der Waals surface area contributed by atoms with Crippen LogP contribution in [0, 0.1) is 0 Å². The predicted octanol–water partition coefficient (Wildman–Crippen LogP) is 4.23. The van der Waals surface area contributed by atoms with Crippen molar-refractivity contribution in [3.63, 3.8) is 0 Å². The van der Waals surface area contributed by atoms with Crippen LogP contribution in [0.25, 0.3) is 0 Å². The smallest absolute Gasteiger partial charge is 0.0738 e. The van der Waals surface area contributed by atoms with E-state index in [1.165, 1.54) is 16.7 Å². The molecule has 0 aliphatic carbocycles. The standard InChI is InChI=1S/C19H20ClNO/c20-18-8-4-7-15-16-12-21(11-14-5-2-1-3-6-14)10-9-19(16)22-13-17(15)18/h1-8,16,19H,9-13H2/t16-,19-/m1/s1. The zero-order chi connectivity index (χ0) is 14.9. The second-order valence-electron chi connectivity index (χ2n) is 6.27. The van der Waals surface area contributed by atoms with Gasteiger partial charge in [-0.05, 0) is 29.2 Å². The van der Waals surface area contributed by atoms with E-state index in [-0.39, 0.29) is 0 Å². The number of nitrogens with zero attached hydrogens (tertiary/aromatic N) is 1. The lowest BCUT2D eigenvalue weighted by Crippen LogP contribution is -2.44. The molecule has 2 aliphatic heterocycles. The van der Waals surface area contributed by atoms with Crippen LogP contribution in [0.2, 0.25) is 5.02 Å². The van der Waals surface area contributed by atoms with E-state index in [4.69, 9.17) is 16.3 Å². The third-order valence-electron chi connectivity index (χ3n) is 4.88. The molecule has 0 unspecified atom stereocenters. The van der Waals surface area contributed by atoms with Crippen molar-refractivity contribution in [2.45, 2.75) is 31.6 Å². The normalized spacial score (nSPS) is 24.6. The van der Waals surface area contributed by atoms with Crippen LogP contribution in [0.5, 0.6) is 0 Å². The zero-order valence-electron chi connectivity index (χ0n) is 12.5. The molecule has 3 heteroatoms. The first-order chi connectivity index (χ1) is 10.8. The summed E-state index contributed by atoms with van der Waals surface area (Å²) in [4.78, 5) is 2.54. The summed E-state index contributed by atoms with van der Waals surface area (Å²) in [5.74, 6) is 0.444. The molecular formula is C19H20ClNO. The highest BCUT2D eigenvalue weighted by Crippen LogP contribution is 2.39. The SMILES string of the molecule is Clc1cccc2c1CO[C@@H]1CCN(Cc3ccccc3)C[C@H]21. The number of hydrogen-bond acceptors (Lipinski definition) is 2. The van der Waals surface area contributed by atoms with Gasteiger partial charge in [0.2, 0.25) is 0 Å². The summed E-state index contributed by atoms with van der Waals surface area (Å²) in [5.41, 5.74) is 3.96. The predicted molar refractivity (Wildman–Crippen MR) is 89.1 cm³/mol. The Balaban J connectivity index is 1.56. The van der Waals surface area contributed by atoms with Gasteiger partial charge in [0, 0.05) is 30.6 Å². The fraction of sp³-hybridized carbons (Fsp3) is 0.368. The number of rotatable bonds is 2. The Hall–Kier alpha value is -1.35. The van der Waals surface area contributed by atoms with Gasteiger partial charge in [0.05, 0.1) is 12.7 Å². The molecule has 2 heterocycles. The highest BCUT2D eigenvalue weighted by atomic mass is 35.5. The van der Waals surface area contributed by atoms with Gasteiger partial charge in [-0.15, -0.1) is 0 Å². The summed E-state index contributed by atoms with van der Waals surface area (Å²) in [6.45, 7) is 3.83. The molecule has 2 aliphatic rings. The van der Waals surface area contributed by atoms with Crippen molar-refractivity contribution < 1.29 is 4.74 Å². The molecule has 1 fully saturated rings.